The third-order valence-corrected chi connectivity index (χ3v) is 2.81. The van der Waals surface area contributed by atoms with E-state index in [2.05, 4.69) is 4.74 Å². The van der Waals surface area contributed by atoms with Crippen LogP contribution >= 0.6 is 0 Å². The third-order valence-electron chi connectivity index (χ3n) is 2.06. The van der Waals surface area contributed by atoms with Gasteiger partial charge in [-0.25, -0.2) is 0 Å². The lowest BCUT2D eigenvalue weighted by Gasteiger charge is -2.37. The molecule has 0 bridgehead atoms. The summed E-state index contributed by atoms with van der Waals surface area (Å²) in [6.07, 6.45) is -8.47. The van der Waals surface area contributed by atoms with Gasteiger partial charge >= 0.3 is 0 Å². The first-order valence-electron chi connectivity index (χ1n) is 4.05. The van der Waals surface area contributed by atoms with Crippen molar-refractivity contribution in [3.8, 4) is 0 Å². The molecular weight excluding hydrogens is 233 g/mol. The minimum atomic E-state index is -4.41. The molecule has 9 heteroatoms. The topological polar surface area (TPSA) is 145 Å². The summed E-state index contributed by atoms with van der Waals surface area (Å²) in [4.78, 5) is 0. The summed E-state index contributed by atoms with van der Waals surface area (Å²) in [5, 5.41) is 36.5. The van der Waals surface area contributed by atoms with Crippen LogP contribution in [0.1, 0.15) is 0 Å². The minimum absolute atomic E-state index is 0.977. The van der Waals surface area contributed by atoms with Crippen LogP contribution in [0.4, 0.5) is 0 Å². The molecule has 1 heterocycles. The summed E-state index contributed by atoms with van der Waals surface area (Å²) in [6.45, 7) is 0. The second-order valence-corrected chi connectivity index (χ2v) is 4.78. The molecule has 0 spiro atoms. The number of aliphatic hydroxyl groups is 4. The molecule has 90 valence electrons. The van der Waals surface area contributed by atoms with Crippen LogP contribution in [0.15, 0.2) is 0 Å². The fraction of sp³-hybridized carbons (Fsp3) is 1.00. The highest BCUT2D eigenvalue weighted by molar-refractivity contribution is 7.85. The van der Waals surface area contributed by atoms with E-state index in [9.17, 15) is 13.5 Å². The fourth-order valence-corrected chi connectivity index (χ4v) is 1.97. The Morgan fingerprint density at radius 3 is 2.00 bits per heavy atom. The van der Waals surface area contributed by atoms with E-state index in [0.29, 0.717) is 0 Å². The molecule has 8 nitrogen and oxygen atoms in total. The van der Waals surface area contributed by atoms with Crippen LogP contribution in [-0.4, -0.2) is 69.9 Å². The lowest BCUT2D eigenvalue weighted by atomic mass is 10.1. The SMILES string of the molecule is O=S(=O)(O)C[C@H]1O[13CH](O)[C@H](O)[C@@H](O)[C@@H]1O. The van der Waals surface area contributed by atoms with Crippen molar-refractivity contribution in [3.63, 3.8) is 0 Å². The maximum atomic E-state index is 10.5. The van der Waals surface area contributed by atoms with Crippen LogP contribution < -0.4 is 0 Å². The van der Waals surface area contributed by atoms with Crippen molar-refractivity contribution in [2.24, 2.45) is 0 Å². The van der Waals surface area contributed by atoms with Crippen LogP contribution in [0.3, 0.4) is 0 Å². The molecule has 5 N–H and O–H groups in total. The molecule has 0 amide bonds. The molecule has 1 saturated heterocycles. The molecule has 15 heavy (non-hydrogen) atoms. The number of ether oxygens (including phenoxy) is 1. The Bertz CT molecular complexity index is 313. The standard InChI is InChI=1S/C6H12O8S/c7-3-2(1-15(11,12)13)14-6(10)5(9)4(3)8/h2-10H,1H2,(H,11,12,13)/t2-,3-,4+,5-,6?/m1/s1/i6+1. The molecule has 0 aliphatic carbocycles. The predicted octanol–water partition coefficient (Wildman–Crippen LogP) is -3.33. The van der Waals surface area contributed by atoms with Gasteiger partial charge in [0.2, 0.25) is 0 Å². The smallest absolute Gasteiger partial charge is 0.267 e. The Labute approximate surface area is 85.5 Å². The quantitative estimate of drug-likeness (QED) is 0.251. The van der Waals surface area contributed by atoms with Gasteiger partial charge < -0.3 is 25.2 Å². The summed E-state index contributed by atoms with van der Waals surface area (Å²) in [7, 11) is -4.41. The second kappa shape index (κ2) is 4.29. The van der Waals surface area contributed by atoms with Crippen molar-refractivity contribution < 1.29 is 38.1 Å². The Morgan fingerprint density at radius 1 is 1.00 bits per heavy atom. The average Bonchev–Trinajstić information content (AvgIpc) is 2.08. The first-order chi connectivity index (χ1) is 6.72. The maximum Gasteiger partial charge on any atom is 0.267 e. The summed E-state index contributed by atoms with van der Waals surface area (Å²) in [5.41, 5.74) is 0. The molecule has 0 radical (unpaired) electrons. The molecule has 1 unspecified atom stereocenters. The van der Waals surface area contributed by atoms with E-state index < -0.39 is 46.6 Å². The highest BCUT2D eigenvalue weighted by Crippen LogP contribution is 2.20. The molecular formula is C6H12O8S. The van der Waals surface area contributed by atoms with Crippen LogP contribution in [0.2, 0.25) is 0 Å². The summed E-state index contributed by atoms with van der Waals surface area (Å²) >= 11 is 0. The van der Waals surface area contributed by atoms with E-state index in [0.717, 1.165) is 0 Å². The molecule has 1 fully saturated rings. The van der Waals surface area contributed by atoms with Crippen LogP contribution in [0.25, 0.3) is 0 Å². The van der Waals surface area contributed by atoms with Gasteiger partial charge in [-0.1, -0.05) is 0 Å². The zero-order chi connectivity index (χ0) is 11.8. The number of rotatable bonds is 2. The molecule has 0 aromatic heterocycles. The maximum absolute atomic E-state index is 10.5. The first kappa shape index (κ1) is 12.8. The van der Waals surface area contributed by atoms with Gasteiger partial charge in [0, 0.05) is 0 Å². The molecule has 0 saturated carbocycles. The van der Waals surface area contributed by atoms with Crippen LogP contribution in [0, 0.1) is 0 Å². The number of hydrogen-bond acceptors (Lipinski definition) is 7. The van der Waals surface area contributed by atoms with Gasteiger partial charge in [-0.15, -0.1) is 0 Å². The van der Waals surface area contributed by atoms with Gasteiger partial charge in [-0.2, -0.15) is 8.42 Å². The monoisotopic (exact) mass is 245 g/mol. The van der Waals surface area contributed by atoms with E-state index >= 15 is 0 Å². The van der Waals surface area contributed by atoms with Crippen LogP contribution in [-0.2, 0) is 14.9 Å². The largest absolute Gasteiger partial charge is 0.388 e. The van der Waals surface area contributed by atoms with Gasteiger partial charge in [0.25, 0.3) is 10.1 Å². The lowest BCUT2D eigenvalue weighted by Crippen LogP contribution is -2.59. The van der Waals surface area contributed by atoms with Crippen molar-refractivity contribution in [3.05, 3.63) is 0 Å². The van der Waals surface area contributed by atoms with Gasteiger partial charge in [-0.05, 0) is 0 Å². The summed E-state index contributed by atoms with van der Waals surface area (Å²) in [6, 6.07) is 0. The lowest BCUT2D eigenvalue weighted by molar-refractivity contribution is -0.276. The zero-order valence-corrected chi connectivity index (χ0v) is 8.28. The van der Waals surface area contributed by atoms with E-state index in [-0.39, 0.29) is 0 Å². The Balaban J connectivity index is 2.75. The summed E-state index contributed by atoms with van der Waals surface area (Å²) in [5.74, 6) is -0.977. The van der Waals surface area contributed by atoms with Crippen molar-refractivity contribution in [2.45, 2.75) is 30.7 Å². The Morgan fingerprint density at radius 2 is 1.53 bits per heavy atom. The Kier molecular flexibility index (Phi) is 3.66. The van der Waals surface area contributed by atoms with Gasteiger partial charge in [0.15, 0.2) is 6.29 Å². The average molecular weight is 245 g/mol. The number of hydrogen-bond donors (Lipinski definition) is 5. The predicted molar refractivity (Wildman–Crippen MR) is 45.3 cm³/mol. The van der Waals surface area contributed by atoms with Crippen molar-refractivity contribution in [1.82, 2.24) is 0 Å². The molecule has 0 aromatic rings. The van der Waals surface area contributed by atoms with E-state index in [1.54, 1.807) is 0 Å². The van der Waals surface area contributed by atoms with Crippen LogP contribution in [0.5, 0.6) is 0 Å². The van der Waals surface area contributed by atoms with E-state index in [1.807, 2.05) is 0 Å². The highest BCUT2D eigenvalue weighted by atomic mass is 32.2. The van der Waals surface area contributed by atoms with E-state index in [4.69, 9.17) is 19.9 Å². The van der Waals surface area contributed by atoms with Gasteiger partial charge in [0.1, 0.15) is 30.2 Å². The third kappa shape index (κ3) is 3.08. The highest BCUT2D eigenvalue weighted by Gasteiger charge is 2.44. The number of aliphatic hydroxyl groups excluding tert-OH is 4. The second-order valence-electron chi connectivity index (χ2n) is 3.29. The molecule has 5 atom stereocenters. The van der Waals surface area contributed by atoms with Gasteiger partial charge in [-0.3, -0.25) is 4.55 Å². The van der Waals surface area contributed by atoms with E-state index in [1.165, 1.54) is 0 Å². The van der Waals surface area contributed by atoms with Crippen molar-refractivity contribution in [1.29, 1.82) is 0 Å². The molecule has 1 aliphatic heterocycles. The minimum Gasteiger partial charge on any atom is -0.388 e. The first-order valence-corrected chi connectivity index (χ1v) is 5.66. The molecule has 1 aliphatic rings. The Hall–Kier alpha value is -0.290. The van der Waals surface area contributed by atoms with Crippen molar-refractivity contribution in [2.75, 3.05) is 5.75 Å². The van der Waals surface area contributed by atoms with Gasteiger partial charge in [0.05, 0.1) is 0 Å². The normalized spacial score (nSPS) is 42.9. The van der Waals surface area contributed by atoms with Crippen molar-refractivity contribution >= 4 is 10.1 Å². The fourth-order valence-electron chi connectivity index (χ4n) is 1.28. The molecule has 1 rings (SSSR count). The zero-order valence-electron chi connectivity index (χ0n) is 7.46. The summed E-state index contributed by atoms with van der Waals surface area (Å²) < 4.78 is 34.0. The molecule has 0 aromatic carbocycles.